The smallest absolute Gasteiger partial charge is 0.349 e. The number of rotatable bonds is 1. The molecule has 5 heteroatoms. The summed E-state index contributed by atoms with van der Waals surface area (Å²) < 4.78 is 4.84. The van der Waals surface area contributed by atoms with E-state index in [9.17, 15) is 4.79 Å². The van der Waals surface area contributed by atoms with Crippen LogP contribution in [0.5, 0.6) is 0 Å². The third-order valence-corrected chi connectivity index (χ3v) is 1.62. The van der Waals surface area contributed by atoms with E-state index in [1.807, 2.05) is 0 Å². The fourth-order valence-electron chi connectivity index (χ4n) is 1.08. The molecular weight excluding hydrogens is 160 g/mol. The minimum atomic E-state index is -0.971. The van der Waals surface area contributed by atoms with Gasteiger partial charge in [-0.05, 0) is 0 Å². The van der Waals surface area contributed by atoms with Gasteiger partial charge in [0.1, 0.15) is 12.5 Å². The predicted octanol–water partition coefficient (Wildman–Crippen LogP) is 0.126. The molecule has 0 amide bonds. The van der Waals surface area contributed by atoms with Crippen LogP contribution in [-0.2, 0) is 9.53 Å². The number of carbonyl (C=O) groups is 1. The van der Waals surface area contributed by atoms with Crippen LogP contribution in [-0.4, -0.2) is 28.4 Å². The number of carboxylic acids is 1. The number of aliphatic imine (C=N–C) groups is 1. The second-order valence-electron chi connectivity index (χ2n) is 2.36. The van der Waals surface area contributed by atoms with Gasteiger partial charge in [0, 0.05) is 6.20 Å². The van der Waals surface area contributed by atoms with Gasteiger partial charge >= 0.3 is 5.97 Å². The van der Waals surface area contributed by atoms with Crippen molar-refractivity contribution >= 4 is 12.2 Å². The highest BCUT2D eigenvalue weighted by atomic mass is 16.5. The van der Waals surface area contributed by atoms with Crippen molar-refractivity contribution in [3.05, 3.63) is 24.4 Å². The van der Waals surface area contributed by atoms with Gasteiger partial charge in [0.25, 0.3) is 0 Å². The Bertz CT molecular complexity index is 306. The maximum atomic E-state index is 10.6. The van der Waals surface area contributed by atoms with E-state index < -0.39 is 12.1 Å². The molecule has 2 aliphatic heterocycles. The van der Waals surface area contributed by atoms with Crippen molar-refractivity contribution in [3.63, 3.8) is 0 Å². The normalized spacial score (nSPS) is 24.8. The molecule has 0 spiro atoms. The fourth-order valence-corrected chi connectivity index (χ4v) is 1.08. The summed E-state index contributed by atoms with van der Waals surface area (Å²) in [5.74, 6) is -0.971. The number of nitrogens with zero attached hydrogens (tertiary/aromatic N) is 2. The van der Waals surface area contributed by atoms with Gasteiger partial charge in [-0.15, -0.1) is 0 Å². The van der Waals surface area contributed by atoms with Gasteiger partial charge in [0.2, 0.25) is 6.17 Å². The maximum Gasteiger partial charge on any atom is 0.349 e. The summed E-state index contributed by atoms with van der Waals surface area (Å²) in [5, 5.41) is 8.69. The molecule has 1 N–H and O–H groups in total. The molecule has 2 aliphatic rings. The molecule has 0 saturated heterocycles. The van der Waals surface area contributed by atoms with E-state index in [2.05, 4.69) is 4.99 Å². The van der Waals surface area contributed by atoms with Crippen LogP contribution in [0, 0.1) is 0 Å². The molecule has 0 radical (unpaired) electrons. The van der Waals surface area contributed by atoms with E-state index in [1.165, 1.54) is 23.6 Å². The minimum Gasteiger partial charge on any atom is -0.478 e. The third kappa shape index (κ3) is 0.868. The van der Waals surface area contributed by atoms with Crippen molar-refractivity contribution in [1.82, 2.24) is 4.90 Å². The van der Waals surface area contributed by atoms with E-state index >= 15 is 0 Å². The lowest BCUT2D eigenvalue weighted by atomic mass is 10.4. The van der Waals surface area contributed by atoms with E-state index in [0.29, 0.717) is 5.70 Å². The standard InChI is InChI=1S/C7H6N2O3/c10-7(11)6-8-3-5-4-12-2-1-9(5)6/h1-4,6H,(H,10,11). The first-order valence-corrected chi connectivity index (χ1v) is 3.35. The Kier molecular flexibility index (Phi) is 1.36. The monoisotopic (exact) mass is 166 g/mol. The van der Waals surface area contributed by atoms with Gasteiger partial charge < -0.3 is 14.7 Å². The predicted molar refractivity (Wildman–Crippen MR) is 40.1 cm³/mol. The van der Waals surface area contributed by atoms with E-state index in [0.717, 1.165) is 0 Å². The first-order chi connectivity index (χ1) is 5.79. The van der Waals surface area contributed by atoms with Crippen molar-refractivity contribution < 1.29 is 14.6 Å². The van der Waals surface area contributed by atoms with Crippen LogP contribution in [0.4, 0.5) is 0 Å². The highest BCUT2D eigenvalue weighted by Gasteiger charge is 2.30. The Balaban J connectivity index is 2.28. The lowest BCUT2D eigenvalue weighted by Gasteiger charge is -2.20. The zero-order valence-electron chi connectivity index (χ0n) is 6.04. The van der Waals surface area contributed by atoms with Crippen LogP contribution >= 0.6 is 0 Å². The van der Waals surface area contributed by atoms with Crippen LogP contribution in [0.3, 0.4) is 0 Å². The number of fused-ring (bicyclic) bond motifs is 1. The second kappa shape index (κ2) is 2.37. The molecule has 0 saturated carbocycles. The number of carboxylic acid groups (broad SMARTS) is 1. The molecule has 62 valence electrons. The second-order valence-corrected chi connectivity index (χ2v) is 2.36. The van der Waals surface area contributed by atoms with Gasteiger partial charge in [-0.3, -0.25) is 4.99 Å². The lowest BCUT2D eigenvalue weighted by Crippen LogP contribution is -2.32. The van der Waals surface area contributed by atoms with Crippen LogP contribution < -0.4 is 0 Å². The Hall–Kier alpha value is -1.78. The zero-order chi connectivity index (χ0) is 8.55. The first-order valence-electron chi connectivity index (χ1n) is 3.35. The molecule has 1 unspecified atom stereocenters. The quantitative estimate of drug-likeness (QED) is 0.601. The number of hydrogen-bond donors (Lipinski definition) is 1. The summed E-state index contributed by atoms with van der Waals surface area (Å²) in [7, 11) is 0. The minimum absolute atomic E-state index is 0.657. The van der Waals surface area contributed by atoms with Gasteiger partial charge in [-0.2, -0.15) is 0 Å². The maximum absolute atomic E-state index is 10.6. The fraction of sp³-hybridized carbons (Fsp3) is 0.143. The van der Waals surface area contributed by atoms with Gasteiger partial charge in [-0.25, -0.2) is 4.79 Å². The number of allylic oxidation sites excluding steroid dienone is 1. The van der Waals surface area contributed by atoms with Gasteiger partial charge in [0.15, 0.2) is 0 Å². The molecular formula is C7H6N2O3. The number of hydrogen-bond acceptors (Lipinski definition) is 4. The summed E-state index contributed by atoms with van der Waals surface area (Å²) in [6.45, 7) is 0. The molecule has 1 atom stereocenters. The van der Waals surface area contributed by atoms with Gasteiger partial charge in [-0.1, -0.05) is 0 Å². The Morgan fingerprint density at radius 3 is 3.33 bits per heavy atom. The molecule has 5 nitrogen and oxygen atoms in total. The molecule has 0 fully saturated rings. The van der Waals surface area contributed by atoms with Crippen LogP contribution in [0.25, 0.3) is 0 Å². The average Bonchev–Trinajstić information content (AvgIpc) is 2.47. The Morgan fingerprint density at radius 2 is 2.58 bits per heavy atom. The highest BCUT2D eigenvalue weighted by molar-refractivity contribution is 5.87. The first kappa shape index (κ1) is 6.90. The van der Waals surface area contributed by atoms with Crippen molar-refractivity contribution in [2.75, 3.05) is 0 Å². The summed E-state index contributed by atoms with van der Waals surface area (Å²) in [5.41, 5.74) is 0.657. The molecule has 0 aliphatic carbocycles. The molecule has 12 heavy (non-hydrogen) atoms. The molecule has 0 aromatic rings. The summed E-state index contributed by atoms with van der Waals surface area (Å²) >= 11 is 0. The van der Waals surface area contributed by atoms with Crippen molar-refractivity contribution in [2.24, 2.45) is 4.99 Å². The van der Waals surface area contributed by atoms with E-state index in [-0.39, 0.29) is 0 Å². The average molecular weight is 166 g/mol. The summed E-state index contributed by atoms with van der Waals surface area (Å²) in [4.78, 5) is 15.9. The SMILES string of the molecule is O=C(O)C1N=CC2=COC=CN21. The van der Waals surface area contributed by atoms with E-state index in [4.69, 9.17) is 9.84 Å². The molecule has 0 aromatic carbocycles. The van der Waals surface area contributed by atoms with E-state index in [1.54, 1.807) is 6.20 Å². The molecule has 0 bridgehead atoms. The topological polar surface area (TPSA) is 62.1 Å². The molecule has 2 heterocycles. The van der Waals surface area contributed by atoms with Crippen LogP contribution in [0.1, 0.15) is 0 Å². The van der Waals surface area contributed by atoms with Gasteiger partial charge in [0.05, 0.1) is 11.9 Å². The zero-order valence-corrected chi connectivity index (χ0v) is 6.04. The van der Waals surface area contributed by atoms with Crippen molar-refractivity contribution in [3.8, 4) is 0 Å². The van der Waals surface area contributed by atoms with Crippen molar-refractivity contribution in [1.29, 1.82) is 0 Å². The molecule has 0 aromatic heterocycles. The van der Waals surface area contributed by atoms with Crippen molar-refractivity contribution in [2.45, 2.75) is 6.17 Å². The summed E-state index contributed by atoms with van der Waals surface area (Å²) in [6, 6.07) is 0. The third-order valence-electron chi connectivity index (χ3n) is 1.62. The largest absolute Gasteiger partial charge is 0.478 e. The Labute approximate surface area is 68.3 Å². The van der Waals surface area contributed by atoms with Crippen LogP contribution in [0.2, 0.25) is 0 Å². The summed E-state index contributed by atoms with van der Waals surface area (Å²) in [6.07, 6.45) is 5.04. The Morgan fingerprint density at radius 1 is 1.75 bits per heavy atom. The highest BCUT2D eigenvalue weighted by Crippen LogP contribution is 2.19. The molecule has 2 rings (SSSR count). The number of aliphatic carboxylic acids is 1. The van der Waals surface area contributed by atoms with Crippen LogP contribution in [0.15, 0.2) is 29.4 Å². The lowest BCUT2D eigenvalue weighted by molar-refractivity contribution is -0.141. The number of ether oxygens (including phenoxy) is 1.